The van der Waals surface area contributed by atoms with Crippen LogP contribution in [0.2, 0.25) is 0 Å². The molecule has 2 unspecified atom stereocenters. The molecule has 8 heteroatoms. The number of nitrogens with one attached hydrogen (secondary N) is 1. The molecule has 5 rings (SSSR count). The Morgan fingerprint density at radius 1 is 1.30 bits per heavy atom. The molecule has 4 heterocycles. The molecule has 1 N–H and O–H groups in total. The Morgan fingerprint density at radius 2 is 2.15 bits per heavy atom. The van der Waals surface area contributed by atoms with E-state index in [1.165, 1.54) is 12.8 Å². The first-order valence-electron chi connectivity index (χ1n) is 9.45. The van der Waals surface area contributed by atoms with Gasteiger partial charge in [-0.05, 0) is 43.2 Å². The van der Waals surface area contributed by atoms with Crippen LogP contribution in [-0.4, -0.2) is 41.7 Å². The normalized spacial score (nSPS) is 22.6. The summed E-state index contributed by atoms with van der Waals surface area (Å²) < 4.78 is 3.33. The Bertz CT molecular complexity index is 1060. The molecule has 0 bridgehead atoms. The van der Waals surface area contributed by atoms with Crippen molar-refractivity contribution in [2.45, 2.75) is 31.7 Å². The van der Waals surface area contributed by atoms with Gasteiger partial charge in [0.15, 0.2) is 5.82 Å². The van der Waals surface area contributed by atoms with E-state index < -0.39 is 0 Å². The molecule has 1 saturated heterocycles. The van der Waals surface area contributed by atoms with Gasteiger partial charge in [-0.2, -0.15) is 10.2 Å². The predicted molar refractivity (Wildman–Crippen MR) is 98.0 cm³/mol. The number of H-pyrrole nitrogens is 1. The van der Waals surface area contributed by atoms with Gasteiger partial charge in [0.25, 0.3) is 0 Å². The first kappa shape index (κ1) is 16.3. The number of hydrogen-bond donors (Lipinski definition) is 1. The molecule has 3 aromatic heterocycles. The zero-order valence-corrected chi connectivity index (χ0v) is 15.2. The van der Waals surface area contributed by atoms with Crippen molar-refractivity contribution in [2.75, 3.05) is 6.54 Å². The standard InChI is InChI=1S/C19H22N6O2/c1-23-18(21-22-19(23)27)17-14(12-5-6-12)7-9-24(17)16(26)10-13-11-20-25-8-3-2-4-15(13)25/h2-4,8,11-12,14,17H,5-7,9-10H2,1H3,(H,22,27). The fourth-order valence-electron chi connectivity index (χ4n) is 4.46. The van der Waals surface area contributed by atoms with Crippen molar-refractivity contribution in [3.8, 4) is 0 Å². The molecule has 27 heavy (non-hydrogen) atoms. The molecular weight excluding hydrogens is 344 g/mol. The van der Waals surface area contributed by atoms with Crippen molar-refractivity contribution >= 4 is 11.4 Å². The zero-order valence-electron chi connectivity index (χ0n) is 15.2. The van der Waals surface area contributed by atoms with Gasteiger partial charge >= 0.3 is 5.69 Å². The smallest absolute Gasteiger partial charge is 0.332 e. The third-order valence-electron chi connectivity index (χ3n) is 6.02. The highest BCUT2D eigenvalue weighted by Crippen LogP contribution is 2.49. The maximum absolute atomic E-state index is 13.2. The van der Waals surface area contributed by atoms with Gasteiger partial charge in [0.2, 0.25) is 5.91 Å². The van der Waals surface area contributed by atoms with Crippen molar-refractivity contribution < 1.29 is 4.79 Å². The Morgan fingerprint density at radius 3 is 2.89 bits per heavy atom. The lowest BCUT2D eigenvalue weighted by Gasteiger charge is -2.27. The minimum atomic E-state index is -0.235. The number of pyridine rings is 1. The van der Waals surface area contributed by atoms with Crippen LogP contribution >= 0.6 is 0 Å². The second kappa shape index (κ2) is 6.07. The largest absolute Gasteiger partial charge is 0.343 e. The van der Waals surface area contributed by atoms with Crippen molar-refractivity contribution in [2.24, 2.45) is 18.9 Å². The first-order valence-corrected chi connectivity index (χ1v) is 9.45. The first-order chi connectivity index (χ1) is 13.1. The number of aromatic amines is 1. The van der Waals surface area contributed by atoms with E-state index >= 15 is 0 Å². The summed E-state index contributed by atoms with van der Waals surface area (Å²) in [6.07, 6.45) is 7.33. The molecule has 1 aliphatic carbocycles. The number of carbonyl (C=O) groups excluding carboxylic acids is 1. The quantitative estimate of drug-likeness (QED) is 0.754. The van der Waals surface area contributed by atoms with Gasteiger partial charge in [-0.15, -0.1) is 0 Å². The predicted octanol–water partition coefficient (Wildman–Crippen LogP) is 1.30. The van der Waals surface area contributed by atoms with Crippen LogP contribution in [0.3, 0.4) is 0 Å². The number of rotatable bonds is 4. The Labute approximate surface area is 155 Å². The van der Waals surface area contributed by atoms with E-state index in [9.17, 15) is 9.59 Å². The van der Waals surface area contributed by atoms with Crippen LogP contribution in [0.1, 0.15) is 36.7 Å². The van der Waals surface area contributed by atoms with Crippen LogP contribution in [0.5, 0.6) is 0 Å². The zero-order chi connectivity index (χ0) is 18.5. The van der Waals surface area contributed by atoms with Crippen molar-refractivity contribution in [3.63, 3.8) is 0 Å². The Hall–Kier alpha value is -2.90. The number of carbonyl (C=O) groups is 1. The van der Waals surface area contributed by atoms with Crippen LogP contribution in [0.4, 0.5) is 0 Å². The number of aromatic nitrogens is 5. The van der Waals surface area contributed by atoms with E-state index in [-0.39, 0.29) is 17.6 Å². The topological polar surface area (TPSA) is 88.3 Å². The van der Waals surface area contributed by atoms with Crippen molar-refractivity contribution in [1.82, 2.24) is 29.3 Å². The second-order valence-corrected chi connectivity index (χ2v) is 7.64. The van der Waals surface area contributed by atoms with Gasteiger partial charge in [-0.25, -0.2) is 14.4 Å². The van der Waals surface area contributed by atoms with Gasteiger partial charge in [-0.1, -0.05) is 6.07 Å². The van der Waals surface area contributed by atoms with Gasteiger partial charge in [0.05, 0.1) is 24.2 Å². The molecule has 0 aromatic carbocycles. The average Bonchev–Trinajstić information content (AvgIpc) is 3.17. The highest BCUT2D eigenvalue weighted by atomic mass is 16.2. The summed E-state index contributed by atoms with van der Waals surface area (Å²) in [6, 6.07) is 5.71. The molecule has 140 valence electrons. The molecule has 3 aromatic rings. The number of fused-ring (bicyclic) bond motifs is 1. The molecule has 1 amide bonds. The average molecular weight is 366 g/mol. The van der Waals surface area contributed by atoms with Crippen LogP contribution in [0, 0.1) is 11.8 Å². The summed E-state index contributed by atoms with van der Waals surface area (Å²) in [5.74, 6) is 1.75. The summed E-state index contributed by atoms with van der Waals surface area (Å²) in [4.78, 5) is 27.0. The maximum atomic E-state index is 13.2. The summed E-state index contributed by atoms with van der Waals surface area (Å²) >= 11 is 0. The van der Waals surface area contributed by atoms with Crippen LogP contribution in [-0.2, 0) is 18.3 Å². The van der Waals surface area contributed by atoms with E-state index in [0.717, 1.165) is 17.5 Å². The van der Waals surface area contributed by atoms with Crippen molar-refractivity contribution in [1.29, 1.82) is 0 Å². The lowest BCUT2D eigenvalue weighted by molar-refractivity contribution is -0.132. The number of likely N-dealkylation sites (tertiary alicyclic amines) is 1. The lowest BCUT2D eigenvalue weighted by atomic mass is 9.94. The molecular formula is C19H22N6O2. The third kappa shape index (κ3) is 2.67. The minimum absolute atomic E-state index is 0.0670. The van der Waals surface area contributed by atoms with Crippen molar-refractivity contribution in [3.05, 3.63) is 52.5 Å². The second-order valence-electron chi connectivity index (χ2n) is 7.64. The molecule has 0 spiro atoms. The molecule has 2 fully saturated rings. The molecule has 2 aliphatic rings. The SMILES string of the molecule is Cn1c(C2C(C3CC3)CCN2C(=O)Cc2cnn3ccccc23)n[nH]c1=O. The molecule has 1 aliphatic heterocycles. The highest BCUT2D eigenvalue weighted by molar-refractivity contribution is 5.81. The number of nitrogens with zero attached hydrogens (tertiary/aromatic N) is 5. The van der Waals surface area contributed by atoms with Gasteiger partial charge < -0.3 is 4.90 Å². The number of hydrogen-bond acceptors (Lipinski definition) is 4. The molecule has 2 atom stereocenters. The fourth-order valence-corrected chi connectivity index (χ4v) is 4.46. The maximum Gasteiger partial charge on any atom is 0.343 e. The Balaban J connectivity index is 1.46. The number of amides is 1. The molecule has 8 nitrogen and oxygen atoms in total. The van der Waals surface area contributed by atoms with E-state index in [1.54, 1.807) is 22.3 Å². The summed E-state index contributed by atoms with van der Waals surface area (Å²) in [6.45, 7) is 0.713. The van der Waals surface area contributed by atoms with Gasteiger partial charge in [0.1, 0.15) is 0 Å². The summed E-state index contributed by atoms with van der Waals surface area (Å²) in [5, 5.41) is 11.1. The van der Waals surface area contributed by atoms with E-state index in [1.807, 2.05) is 29.3 Å². The van der Waals surface area contributed by atoms with Gasteiger partial charge in [0, 0.05) is 25.4 Å². The summed E-state index contributed by atoms with van der Waals surface area (Å²) in [5.41, 5.74) is 1.64. The van der Waals surface area contributed by atoms with E-state index in [0.29, 0.717) is 30.6 Å². The lowest BCUT2D eigenvalue weighted by Crippen LogP contribution is -2.35. The molecule has 1 saturated carbocycles. The third-order valence-corrected chi connectivity index (χ3v) is 6.02. The molecule has 0 radical (unpaired) electrons. The van der Waals surface area contributed by atoms with Crippen LogP contribution in [0.15, 0.2) is 35.4 Å². The summed E-state index contributed by atoms with van der Waals surface area (Å²) in [7, 11) is 1.72. The highest BCUT2D eigenvalue weighted by Gasteiger charge is 2.47. The fraction of sp³-hybridized carbons (Fsp3) is 0.474. The Kier molecular flexibility index (Phi) is 3.66. The van der Waals surface area contributed by atoms with Gasteiger partial charge in [-0.3, -0.25) is 9.36 Å². The monoisotopic (exact) mass is 366 g/mol. The van der Waals surface area contributed by atoms with Crippen LogP contribution < -0.4 is 5.69 Å². The minimum Gasteiger partial charge on any atom is -0.332 e. The van der Waals surface area contributed by atoms with Crippen LogP contribution in [0.25, 0.3) is 5.52 Å². The van der Waals surface area contributed by atoms with E-state index in [4.69, 9.17) is 0 Å². The van der Waals surface area contributed by atoms with E-state index in [2.05, 4.69) is 15.3 Å².